The number of hydrogen-bond acceptors (Lipinski definition) is 1. The number of halogens is 2. The molecule has 0 heterocycles. The van der Waals surface area contributed by atoms with Gasteiger partial charge in [0.1, 0.15) is 0 Å². The Kier molecular flexibility index (Phi) is 6.71. The van der Waals surface area contributed by atoms with Crippen molar-refractivity contribution in [2.75, 3.05) is 7.11 Å². The lowest BCUT2D eigenvalue weighted by Gasteiger charge is -2.41. The molecule has 0 aromatic heterocycles. The molecule has 0 amide bonds. The van der Waals surface area contributed by atoms with Crippen LogP contribution in [0, 0.1) is 29.6 Å². The molecule has 0 aromatic rings. The summed E-state index contributed by atoms with van der Waals surface area (Å²) in [4.78, 5) is 0. The molecule has 3 fully saturated rings. The normalized spacial score (nSPS) is 41.0. The molecule has 3 rings (SSSR count). The number of hydrogen-bond donors (Lipinski definition) is 0. The topological polar surface area (TPSA) is 9.23 Å². The minimum absolute atomic E-state index is 0.138. The van der Waals surface area contributed by atoms with Crippen molar-refractivity contribution in [1.29, 1.82) is 0 Å². The van der Waals surface area contributed by atoms with Crippen LogP contribution in [-0.4, -0.2) is 13.2 Å². The summed E-state index contributed by atoms with van der Waals surface area (Å²) in [5.41, 5.74) is 0. The molecule has 0 aromatic carbocycles. The zero-order chi connectivity index (χ0) is 16.9. The molecule has 0 saturated heterocycles. The van der Waals surface area contributed by atoms with E-state index in [-0.39, 0.29) is 5.92 Å². The molecule has 0 aliphatic heterocycles. The molecule has 3 aliphatic carbocycles. The van der Waals surface area contributed by atoms with Gasteiger partial charge in [-0.1, -0.05) is 0 Å². The molecule has 0 spiro atoms. The summed E-state index contributed by atoms with van der Waals surface area (Å²) in [6, 6.07) is 0. The Morgan fingerprint density at radius 2 is 1.04 bits per heavy atom. The van der Waals surface area contributed by atoms with Gasteiger partial charge >= 0.3 is 0 Å². The highest BCUT2D eigenvalue weighted by molar-refractivity contribution is 4.92. The van der Waals surface area contributed by atoms with Crippen LogP contribution in [0.25, 0.3) is 0 Å². The number of allylic oxidation sites excluding steroid dienone is 1. The SMILES string of the molecule is COC1CCC(C2CCC(C3CCC(C=C(F)F)CC3)CC2)CC1. The molecule has 0 N–H and O–H groups in total. The van der Waals surface area contributed by atoms with Crippen molar-refractivity contribution >= 4 is 0 Å². The Morgan fingerprint density at radius 1 is 0.667 bits per heavy atom. The van der Waals surface area contributed by atoms with Crippen LogP contribution in [0.2, 0.25) is 0 Å². The van der Waals surface area contributed by atoms with E-state index in [1.807, 2.05) is 7.11 Å². The van der Waals surface area contributed by atoms with E-state index >= 15 is 0 Å². The van der Waals surface area contributed by atoms with Gasteiger partial charge in [-0.25, -0.2) is 0 Å². The smallest absolute Gasteiger partial charge is 0.266 e. The first-order valence-corrected chi connectivity index (χ1v) is 10.2. The monoisotopic (exact) mass is 340 g/mol. The Hall–Kier alpha value is -0.440. The van der Waals surface area contributed by atoms with Crippen molar-refractivity contribution in [3.05, 3.63) is 12.2 Å². The lowest BCUT2D eigenvalue weighted by molar-refractivity contribution is 0.0358. The van der Waals surface area contributed by atoms with Crippen molar-refractivity contribution in [3.63, 3.8) is 0 Å². The first-order chi connectivity index (χ1) is 11.7. The van der Waals surface area contributed by atoms with Crippen LogP contribution in [0.5, 0.6) is 0 Å². The van der Waals surface area contributed by atoms with Crippen LogP contribution >= 0.6 is 0 Å². The largest absolute Gasteiger partial charge is 0.381 e. The number of ether oxygens (including phenoxy) is 1. The van der Waals surface area contributed by atoms with Crippen molar-refractivity contribution in [3.8, 4) is 0 Å². The first kappa shape index (κ1) is 18.4. The third kappa shape index (κ3) is 4.80. The second-order valence-corrected chi connectivity index (χ2v) is 8.58. The van der Waals surface area contributed by atoms with E-state index in [1.54, 1.807) is 0 Å². The van der Waals surface area contributed by atoms with Crippen LogP contribution in [-0.2, 0) is 4.74 Å². The van der Waals surface area contributed by atoms with E-state index in [0.29, 0.717) is 6.10 Å². The van der Waals surface area contributed by atoms with Crippen LogP contribution < -0.4 is 0 Å². The molecule has 0 atom stereocenters. The van der Waals surface area contributed by atoms with Crippen LogP contribution in [0.4, 0.5) is 8.78 Å². The van der Waals surface area contributed by atoms with Crippen LogP contribution in [0.3, 0.4) is 0 Å². The molecule has 0 radical (unpaired) electrons. The van der Waals surface area contributed by atoms with Gasteiger partial charge in [0.2, 0.25) is 0 Å². The second-order valence-electron chi connectivity index (χ2n) is 8.58. The standard InChI is InChI=1S/C21H34F2O/c1-24-20-12-10-19(11-13-20)18-8-6-17(7-9-18)16-4-2-15(3-5-16)14-21(22)23/h14-20H,2-13H2,1H3. The molecule has 3 saturated carbocycles. The first-order valence-electron chi connectivity index (χ1n) is 10.2. The third-order valence-electron chi connectivity index (χ3n) is 7.38. The highest BCUT2D eigenvalue weighted by Crippen LogP contribution is 2.45. The second kappa shape index (κ2) is 8.78. The molecule has 138 valence electrons. The van der Waals surface area contributed by atoms with Crippen molar-refractivity contribution in [1.82, 2.24) is 0 Å². The zero-order valence-corrected chi connectivity index (χ0v) is 15.2. The summed E-state index contributed by atoms with van der Waals surface area (Å²) in [6.07, 6.45) is 15.3. The fourth-order valence-electron chi connectivity index (χ4n) is 5.84. The minimum atomic E-state index is -1.48. The molecule has 0 unspecified atom stereocenters. The molecule has 3 heteroatoms. The summed E-state index contributed by atoms with van der Waals surface area (Å²) in [7, 11) is 1.85. The maximum atomic E-state index is 12.4. The van der Waals surface area contributed by atoms with E-state index in [0.717, 1.165) is 36.5 Å². The molecule has 1 nitrogen and oxygen atoms in total. The molecular formula is C21H34F2O. The Bertz CT molecular complexity index is 394. The average molecular weight is 340 g/mol. The van der Waals surface area contributed by atoms with Gasteiger partial charge in [-0.3, -0.25) is 0 Å². The Labute approximate surface area is 146 Å². The number of rotatable bonds is 4. The lowest BCUT2D eigenvalue weighted by Crippen LogP contribution is -2.30. The maximum Gasteiger partial charge on any atom is 0.266 e. The van der Waals surface area contributed by atoms with Crippen LogP contribution in [0.15, 0.2) is 12.2 Å². The van der Waals surface area contributed by atoms with Crippen LogP contribution in [0.1, 0.15) is 77.0 Å². The summed E-state index contributed by atoms with van der Waals surface area (Å²) in [5.74, 6) is 3.70. The average Bonchev–Trinajstić information content (AvgIpc) is 2.62. The predicted molar refractivity (Wildman–Crippen MR) is 94.0 cm³/mol. The van der Waals surface area contributed by atoms with Gasteiger partial charge in [-0.2, -0.15) is 8.78 Å². The van der Waals surface area contributed by atoms with Crippen molar-refractivity contribution in [2.24, 2.45) is 29.6 Å². The minimum Gasteiger partial charge on any atom is -0.381 e. The highest BCUT2D eigenvalue weighted by atomic mass is 19.3. The van der Waals surface area contributed by atoms with E-state index in [4.69, 9.17) is 4.74 Å². The van der Waals surface area contributed by atoms with Gasteiger partial charge < -0.3 is 4.74 Å². The van der Waals surface area contributed by atoms with E-state index < -0.39 is 6.08 Å². The van der Waals surface area contributed by atoms with Gasteiger partial charge in [0.25, 0.3) is 6.08 Å². The maximum absolute atomic E-state index is 12.4. The van der Waals surface area contributed by atoms with Crippen molar-refractivity contribution in [2.45, 2.75) is 83.2 Å². The van der Waals surface area contributed by atoms with Gasteiger partial charge in [-0.15, -0.1) is 0 Å². The third-order valence-corrected chi connectivity index (χ3v) is 7.38. The highest BCUT2D eigenvalue weighted by Gasteiger charge is 2.34. The Morgan fingerprint density at radius 3 is 1.42 bits per heavy atom. The fourth-order valence-corrected chi connectivity index (χ4v) is 5.84. The molecule has 24 heavy (non-hydrogen) atoms. The summed E-state index contributed by atoms with van der Waals surface area (Å²) in [5, 5.41) is 0. The van der Waals surface area contributed by atoms with Gasteiger partial charge in [-0.05, 0) is 113 Å². The fraction of sp³-hybridized carbons (Fsp3) is 0.905. The van der Waals surface area contributed by atoms with Gasteiger partial charge in [0, 0.05) is 7.11 Å². The van der Waals surface area contributed by atoms with Gasteiger partial charge in [0.05, 0.1) is 6.10 Å². The zero-order valence-electron chi connectivity index (χ0n) is 15.2. The number of methoxy groups -OCH3 is 1. The molecular weight excluding hydrogens is 306 g/mol. The Balaban J connectivity index is 1.39. The summed E-state index contributed by atoms with van der Waals surface area (Å²) in [6.45, 7) is 0. The summed E-state index contributed by atoms with van der Waals surface area (Å²) < 4.78 is 30.3. The lowest BCUT2D eigenvalue weighted by atomic mass is 9.65. The van der Waals surface area contributed by atoms with Crippen molar-refractivity contribution < 1.29 is 13.5 Å². The predicted octanol–water partition coefficient (Wildman–Crippen LogP) is 6.58. The van der Waals surface area contributed by atoms with E-state index in [9.17, 15) is 8.78 Å². The van der Waals surface area contributed by atoms with E-state index in [1.165, 1.54) is 70.3 Å². The molecule has 0 bridgehead atoms. The quantitative estimate of drug-likeness (QED) is 0.561. The van der Waals surface area contributed by atoms with E-state index in [2.05, 4.69) is 0 Å². The molecule has 3 aliphatic rings. The summed E-state index contributed by atoms with van der Waals surface area (Å²) >= 11 is 0. The van der Waals surface area contributed by atoms with Gasteiger partial charge in [0.15, 0.2) is 0 Å².